The smallest absolute Gasteiger partial charge is 0.308 e. The number of anilines is 2. The van der Waals surface area contributed by atoms with Gasteiger partial charge in [0.2, 0.25) is 0 Å². The van der Waals surface area contributed by atoms with Crippen LogP contribution in [0.3, 0.4) is 0 Å². The molecule has 0 bridgehead atoms. The lowest BCUT2D eigenvalue weighted by molar-refractivity contribution is 0.262. The zero-order valence-electron chi connectivity index (χ0n) is 15.4. The number of urea groups is 1. The number of benzene rings is 3. The minimum Gasteiger partial charge on any atom is -0.308 e. The van der Waals surface area contributed by atoms with Crippen LogP contribution >= 0.6 is 0 Å². The van der Waals surface area contributed by atoms with Crippen molar-refractivity contribution < 1.29 is 17.8 Å². The van der Waals surface area contributed by atoms with E-state index in [0.717, 1.165) is 11.1 Å². The fourth-order valence-electron chi connectivity index (χ4n) is 2.86. The maximum Gasteiger partial charge on any atom is 0.323 e. The number of aryl methyl sites for hydroxylation is 2. The van der Waals surface area contributed by atoms with Crippen molar-refractivity contribution in [2.75, 3.05) is 10.6 Å². The molecule has 0 aliphatic heterocycles. The number of hydrogen-bond donors (Lipinski definition) is 3. The predicted octanol–water partition coefficient (Wildman–Crippen LogP) is 4.86. The van der Waals surface area contributed by atoms with Crippen molar-refractivity contribution in [3.8, 4) is 11.1 Å². The standard InChI is InChI=1S/C21H20N2O4S/c1-14-10-11-20(28(25,26)27)18(12-14)16-7-5-8-17(13-16)22-21(24)23-19-9-4-3-6-15(19)2/h3-13H,1-2H3,(H2,22,23,24)(H,25,26,27). The fourth-order valence-corrected chi connectivity index (χ4v) is 3.55. The molecule has 0 fully saturated rings. The second-order valence-electron chi connectivity index (χ2n) is 6.45. The van der Waals surface area contributed by atoms with E-state index in [0.29, 0.717) is 22.5 Å². The normalized spacial score (nSPS) is 11.1. The molecule has 0 radical (unpaired) electrons. The van der Waals surface area contributed by atoms with Gasteiger partial charge in [0.1, 0.15) is 4.90 Å². The topological polar surface area (TPSA) is 95.5 Å². The summed E-state index contributed by atoms with van der Waals surface area (Å²) in [6.07, 6.45) is 0. The third-order valence-electron chi connectivity index (χ3n) is 4.24. The highest BCUT2D eigenvalue weighted by Gasteiger charge is 2.17. The summed E-state index contributed by atoms with van der Waals surface area (Å²) in [7, 11) is -4.38. The molecule has 28 heavy (non-hydrogen) atoms. The van der Waals surface area contributed by atoms with Crippen LogP contribution in [0.25, 0.3) is 11.1 Å². The van der Waals surface area contributed by atoms with E-state index in [4.69, 9.17) is 0 Å². The summed E-state index contributed by atoms with van der Waals surface area (Å²) in [6.45, 7) is 3.72. The summed E-state index contributed by atoms with van der Waals surface area (Å²) in [5, 5.41) is 5.52. The fraction of sp³-hybridized carbons (Fsp3) is 0.0952. The lowest BCUT2D eigenvalue weighted by Gasteiger charge is -2.12. The molecule has 6 nitrogen and oxygen atoms in total. The Balaban J connectivity index is 1.89. The summed E-state index contributed by atoms with van der Waals surface area (Å²) in [4.78, 5) is 12.1. The van der Waals surface area contributed by atoms with Crippen LogP contribution in [0.4, 0.5) is 16.2 Å². The van der Waals surface area contributed by atoms with Crippen LogP contribution in [0.15, 0.2) is 71.6 Å². The molecule has 3 aromatic carbocycles. The number of carbonyl (C=O) groups excluding carboxylic acids is 1. The van der Waals surface area contributed by atoms with Gasteiger partial charge in [-0.2, -0.15) is 8.42 Å². The quantitative estimate of drug-likeness (QED) is 0.549. The first-order valence-electron chi connectivity index (χ1n) is 8.56. The molecule has 3 N–H and O–H groups in total. The van der Waals surface area contributed by atoms with Gasteiger partial charge in [-0.25, -0.2) is 4.79 Å². The first kappa shape index (κ1) is 19.6. The number of carbonyl (C=O) groups is 1. The van der Waals surface area contributed by atoms with Crippen molar-refractivity contribution in [1.82, 2.24) is 0 Å². The van der Waals surface area contributed by atoms with Gasteiger partial charge in [0, 0.05) is 16.9 Å². The summed E-state index contributed by atoms with van der Waals surface area (Å²) < 4.78 is 32.9. The van der Waals surface area contributed by atoms with E-state index >= 15 is 0 Å². The van der Waals surface area contributed by atoms with Gasteiger partial charge < -0.3 is 10.6 Å². The van der Waals surface area contributed by atoms with Crippen molar-refractivity contribution in [3.63, 3.8) is 0 Å². The van der Waals surface area contributed by atoms with Gasteiger partial charge in [0.05, 0.1) is 0 Å². The van der Waals surface area contributed by atoms with Gasteiger partial charge in [-0.1, -0.05) is 48.0 Å². The molecule has 144 valence electrons. The summed E-state index contributed by atoms with van der Waals surface area (Å²) in [5.74, 6) is 0. The first-order chi connectivity index (χ1) is 13.2. The van der Waals surface area contributed by atoms with E-state index in [1.165, 1.54) is 6.07 Å². The SMILES string of the molecule is Cc1ccc(S(=O)(=O)O)c(-c2cccc(NC(=O)Nc3ccccc3C)c2)c1. The maximum absolute atomic E-state index is 12.3. The van der Waals surface area contributed by atoms with E-state index in [1.807, 2.05) is 32.0 Å². The van der Waals surface area contributed by atoms with E-state index < -0.39 is 16.1 Å². The number of nitrogens with one attached hydrogen (secondary N) is 2. The predicted molar refractivity (Wildman–Crippen MR) is 110 cm³/mol. The highest BCUT2D eigenvalue weighted by Crippen LogP contribution is 2.30. The third-order valence-corrected chi connectivity index (χ3v) is 5.15. The minimum atomic E-state index is -4.38. The summed E-state index contributed by atoms with van der Waals surface area (Å²) in [5.41, 5.74) is 3.90. The Morgan fingerprint density at radius 1 is 0.893 bits per heavy atom. The van der Waals surface area contributed by atoms with Crippen molar-refractivity contribution in [3.05, 3.63) is 77.9 Å². The lowest BCUT2D eigenvalue weighted by Crippen LogP contribution is -2.19. The van der Waals surface area contributed by atoms with Crippen LogP contribution in [0.5, 0.6) is 0 Å². The van der Waals surface area contributed by atoms with Crippen LogP contribution < -0.4 is 10.6 Å². The first-order valence-corrected chi connectivity index (χ1v) is 10.0. The van der Waals surface area contributed by atoms with Crippen LogP contribution in [-0.4, -0.2) is 19.0 Å². The van der Waals surface area contributed by atoms with Gasteiger partial charge in [-0.15, -0.1) is 0 Å². The molecule has 0 saturated carbocycles. The molecule has 0 atom stereocenters. The molecule has 2 amide bonds. The molecule has 0 spiro atoms. The van der Waals surface area contributed by atoms with E-state index in [-0.39, 0.29) is 4.90 Å². The zero-order valence-corrected chi connectivity index (χ0v) is 16.2. The van der Waals surface area contributed by atoms with Crippen LogP contribution in [0.2, 0.25) is 0 Å². The second kappa shape index (κ2) is 7.84. The molecule has 0 aliphatic carbocycles. The van der Waals surface area contributed by atoms with Crippen molar-refractivity contribution >= 4 is 27.5 Å². The Morgan fingerprint density at radius 2 is 1.64 bits per heavy atom. The second-order valence-corrected chi connectivity index (χ2v) is 7.84. The molecule has 0 aliphatic rings. The average molecular weight is 396 g/mol. The highest BCUT2D eigenvalue weighted by atomic mass is 32.2. The Hall–Kier alpha value is -3.16. The van der Waals surface area contributed by atoms with E-state index in [9.17, 15) is 17.8 Å². The van der Waals surface area contributed by atoms with Gasteiger partial charge >= 0.3 is 6.03 Å². The Labute approximate surface area is 164 Å². The maximum atomic E-state index is 12.3. The third kappa shape index (κ3) is 4.57. The molecular formula is C21H20N2O4S. The number of hydrogen-bond acceptors (Lipinski definition) is 3. The molecule has 3 rings (SSSR count). The Kier molecular flexibility index (Phi) is 5.48. The Bertz CT molecular complexity index is 1140. The van der Waals surface area contributed by atoms with Crippen LogP contribution in [0.1, 0.15) is 11.1 Å². The summed E-state index contributed by atoms with van der Waals surface area (Å²) in [6, 6.07) is 18.4. The Morgan fingerprint density at radius 3 is 2.36 bits per heavy atom. The molecule has 7 heteroatoms. The molecule has 3 aromatic rings. The van der Waals surface area contributed by atoms with Crippen LogP contribution in [0, 0.1) is 13.8 Å². The zero-order chi connectivity index (χ0) is 20.3. The summed E-state index contributed by atoms with van der Waals surface area (Å²) >= 11 is 0. The van der Waals surface area contributed by atoms with E-state index in [1.54, 1.807) is 42.5 Å². The van der Waals surface area contributed by atoms with Gasteiger partial charge in [-0.3, -0.25) is 4.55 Å². The molecule has 0 saturated heterocycles. The molecular weight excluding hydrogens is 376 g/mol. The number of rotatable bonds is 4. The van der Waals surface area contributed by atoms with Crippen molar-refractivity contribution in [2.45, 2.75) is 18.7 Å². The van der Waals surface area contributed by atoms with Crippen LogP contribution in [-0.2, 0) is 10.1 Å². The van der Waals surface area contributed by atoms with Crippen molar-refractivity contribution in [2.24, 2.45) is 0 Å². The average Bonchev–Trinajstić information content (AvgIpc) is 2.63. The minimum absolute atomic E-state index is 0.181. The van der Waals surface area contributed by atoms with E-state index in [2.05, 4.69) is 10.6 Å². The number of para-hydroxylation sites is 1. The van der Waals surface area contributed by atoms with Gasteiger partial charge in [0.25, 0.3) is 10.1 Å². The highest BCUT2D eigenvalue weighted by molar-refractivity contribution is 7.86. The van der Waals surface area contributed by atoms with Gasteiger partial charge in [-0.05, 0) is 49.2 Å². The monoisotopic (exact) mass is 396 g/mol. The molecule has 0 aromatic heterocycles. The van der Waals surface area contributed by atoms with Gasteiger partial charge in [0.15, 0.2) is 0 Å². The lowest BCUT2D eigenvalue weighted by atomic mass is 10.0. The van der Waals surface area contributed by atoms with Crippen molar-refractivity contribution in [1.29, 1.82) is 0 Å². The molecule has 0 unspecified atom stereocenters. The number of amides is 2. The largest absolute Gasteiger partial charge is 0.323 e. The molecule has 0 heterocycles.